The third-order valence-electron chi connectivity index (χ3n) is 5.27. The number of anilines is 5. The predicted molar refractivity (Wildman–Crippen MR) is 115 cm³/mol. The quantitative estimate of drug-likeness (QED) is 0.657. The molecule has 0 bridgehead atoms. The van der Waals surface area contributed by atoms with Crippen molar-refractivity contribution < 1.29 is 0 Å². The van der Waals surface area contributed by atoms with Crippen LogP contribution in [0, 0.1) is 13.8 Å². The van der Waals surface area contributed by atoms with Gasteiger partial charge in [-0.05, 0) is 74.6 Å². The third kappa shape index (κ3) is 4.22. The molecule has 1 aromatic heterocycles. The standard InChI is InChI=1S/C22H26N6/c1-16-7-6-8-20(17(16)2)25-22-26-21(15-23-27-22)24-18-9-11-19(12-10-18)28-13-4-3-5-14-28/h6-12,15H,3-5,13-14H2,1-2H3,(H2,24,25,26,27). The highest BCUT2D eigenvalue weighted by atomic mass is 15.3. The number of aromatic nitrogens is 3. The zero-order valence-electron chi connectivity index (χ0n) is 16.4. The number of benzene rings is 2. The molecule has 0 spiro atoms. The Labute approximate surface area is 166 Å². The van der Waals surface area contributed by atoms with E-state index in [2.05, 4.69) is 74.9 Å². The number of aryl methyl sites for hydroxylation is 1. The summed E-state index contributed by atoms with van der Waals surface area (Å²) < 4.78 is 0. The second kappa shape index (κ2) is 8.25. The molecule has 1 aliphatic heterocycles. The molecule has 0 amide bonds. The molecule has 0 unspecified atom stereocenters. The van der Waals surface area contributed by atoms with Gasteiger partial charge in [-0.2, -0.15) is 10.1 Å². The minimum absolute atomic E-state index is 0.476. The van der Waals surface area contributed by atoms with E-state index in [1.165, 1.54) is 36.1 Å². The first-order valence-electron chi connectivity index (χ1n) is 9.84. The molecule has 0 atom stereocenters. The van der Waals surface area contributed by atoms with Crippen molar-refractivity contribution in [3.05, 3.63) is 59.8 Å². The fraction of sp³-hybridized carbons (Fsp3) is 0.318. The average Bonchev–Trinajstić information content (AvgIpc) is 2.73. The van der Waals surface area contributed by atoms with E-state index in [9.17, 15) is 0 Å². The van der Waals surface area contributed by atoms with Crippen LogP contribution in [-0.4, -0.2) is 28.3 Å². The summed E-state index contributed by atoms with van der Waals surface area (Å²) in [4.78, 5) is 6.99. The zero-order chi connectivity index (χ0) is 19.3. The van der Waals surface area contributed by atoms with Crippen LogP contribution in [0.3, 0.4) is 0 Å². The molecule has 144 valence electrons. The van der Waals surface area contributed by atoms with Crippen LogP contribution in [0.2, 0.25) is 0 Å². The fourth-order valence-electron chi connectivity index (χ4n) is 3.48. The normalized spacial score (nSPS) is 14.0. The number of piperidine rings is 1. The van der Waals surface area contributed by atoms with Crippen molar-refractivity contribution in [2.75, 3.05) is 28.6 Å². The lowest BCUT2D eigenvalue weighted by molar-refractivity contribution is 0.578. The Bertz CT molecular complexity index is 932. The van der Waals surface area contributed by atoms with Crippen molar-refractivity contribution in [3.63, 3.8) is 0 Å². The molecule has 1 fully saturated rings. The van der Waals surface area contributed by atoms with Crippen LogP contribution < -0.4 is 15.5 Å². The van der Waals surface area contributed by atoms with Crippen LogP contribution in [0.5, 0.6) is 0 Å². The van der Waals surface area contributed by atoms with Crippen molar-refractivity contribution in [2.45, 2.75) is 33.1 Å². The molecule has 0 aliphatic carbocycles. The largest absolute Gasteiger partial charge is 0.372 e. The smallest absolute Gasteiger partial charge is 0.249 e. The Morgan fingerprint density at radius 3 is 2.46 bits per heavy atom. The molecule has 2 heterocycles. The molecule has 28 heavy (non-hydrogen) atoms. The number of rotatable bonds is 5. The Hall–Kier alpha value is -3.15. The van der Waals surface area contributed by atoms with Crippen molar-refractivity contribution in [1.29, 1.82) is 0 Å². The fourth-order valence-corrected chi connectivity index (χ4v) is 3.48. The number of nitrogens with one attached hydrogen (secondary N) is 2. The van der Waals surface area contributed by atoms with Crippen LogP contribution in [-0.2, 0) is 0 Å². The van der Waals surface area contributed by atoms with Crippen molar-refractivity contribution in [1.82, 2.24) is 15.2 Å². The van der Waals surface area contributed by atoms with Gasteiger partial charge in [-0.1, -0.05) is 12.1 Å². The first-order chi connectivity index (χ1) is 13.7. The molecule has 2 aromatic carbocycles. The Morgan fingerprint density at radius 2 is 1.68 bits per heavy atom. The van der Waals surface area contributed by atoms with Gasteiger partial charge in [-0.25, -0.2) is 0 Å². The lowest BCUT2D eigenvalue weighted by Crippen LogP contribution is -2.29. The molecule has 1 saturated heterocycles. The van der Waals surface area contributed by atoms with Gasteiger partial charge < -0.3 is 15.5 Å². The van der Waals surface area contributed by atoms with E-state index in [4.69, 9.17) is 0 Å². The first-order valence-corrected chi connectivity index (χ1v) is 9.84. The predicted octanol–water partition coefficient (Wildman–Crippen LogP) is 4.97. The van der Waals surface area contributed by atoms with Gasteiger partial charge in [-0.3, -0.25) is 0 Å². The van der Waals surface area contributed by atoms with E-state index >= 15 is 0 Å². The summed E-state index contributed by atoms with van der Waals surface area (Å²) in [6.45, 7) is 6.47. The minimum atomic E-state index is 0.476. The summed E-state index contributed by atoms with van der Waals surface area (Å²) in [5, 5.41) is 14.8. The highest BCUT2D eigenvalue weighted by Crippen LogP contribution is 2.24. The second-order valence-corrected chi connectivity index (χ2v) is 7.26. The van der Waals surface area contributed by atoms with Gasteiger partial charge in [0.25, 0.3) is 0 Å². The van der Waals surface area contributed by atoms with Crippen LogP contribution >= 0.6 is 0 Å². The highest BCUT2D eigenvalue weighted by molar-refractivity contribution is 5.63. The Balaban J connectivity index is 1.45. The maximum atomic E-state index is 4.54. The van der Waals surface area contributed by atoms with E-state index in [1.54, 1.807) is 6.20 Å². The SMILES string of the molecule is Cc1cccc(Nc2nncc(Nc3ccc(N4CCCCC4)cc3)n2)c1C. The first kappa shape index (κ1) is 18.2. The summed E-state index contributed by atoms with van der Waals surface area (Å²) in [6, 6.07) is 14.6. The van der Waals surface area contributed by atoms with E-state index in [0.717, 1.165) is 24.5 Å². The topological polar surface area (TPSA) is 66.0 Å². The monoisotopic (exact) mass is 374 g/mol. The molecule has 1 aliphatic rings. The molecule has 6 heteroatoms. The summed E-state index contributed by atoms with van der Waals surface area (Å²) in [5.41, 5.74) is 5.66. The molecule has 6 nitrogen and oxygen atoms in total. The van der Waals surface area contributed by atoms with E-state index in [1.807, 2.05) is 12.1 Å². The lowest BCUT2D eigenvalue weighted by atomic mass is 10.1. The molecule has 4 rings (SSSR count). The number of hydrogen-bond donors (Lipinski definition) is 2. The van der Waals surface area contributed by atoms with Crippen LogP contribution in [0.15, 0.2) is 48.7 Å². The maximum Gasteiger partial charge on any atom is 0.249 e. The van der Waals surface area contributed by atoms with E-state index < -0.39 is 0 Å². The molecule has 0 radical (unpaired) electrons. The van der Waals surface area contributed by atoms with Gasteiger partial charge in [0.1, 0.15) is 0 Å². The summed E-state index contributed by atoms with van der Waals surface area (Å²) in [7, 11) is 0. The second-order valence-electron chi connectivity index (χ2n) is 7.26. The Kier molecular flexibility index (Phi) is 5.37. The van der Waals surface area contributed by atoms with Crippen LogP contribution in [0.4, 0.5) is 28.8 Å². The van der Waals surface area contributed by atoms with Gasteiger partial charge >= 0.3 is 0 Å². The molecular weight excluding hydrogens is 348 g/mol. The maximum absolute atomic E-state index is 4.54. The number of hydrogen-bond acceptors (Lipinski definition) is 6. The van der Waals surface area contributed by atoms with Crippen molar-refractivity contribution >= 4 is 28.8 Å². The Morgan fingerprint density at radius 1 is 0.893 bits per heavy atom. The van der Waals surface area contributed by atoms with E-state index in [0.29, 0.717) is 11.8 Å². The minimum Gasteiger partial charge on any atom is -0.372 e. The highest BCUT2D eigenvalue weighted by Gasteiger charge is 2.11. The zero-order valence-corrected chi connectivity index (χ0v) is 16.4. The lowest BCUT2D eigenvalue weighted by Gasteiger charge is -2.28. The van der Waals surface area contributed by atoms with E-state index in [-0.39, 0.29) is 0 Å². The van der Waals surface area contributed by atoms with Crippen molar-refractivity contribution in [2.24, 2.45) is 0 Å². The van der Waals surface area contributed by atoms with Crippen LogP contribution in [0.1, 0.15) is 30.4 Å². The molecule has 2 N–H and O–H groups in total. The van der Waals surface area contributed by atoms with Gasteiger partial charge in [0.05, 0.1) is 6.20 Å². The van der Waals surface area contributed by atoms with Crippen LogP contribution in [0.25, 0.3) is 0 Å². The molecule has 0 saturated carbocycles. The van der Waals surface area contributed by atoms with Crippen molar-refractivity contribution in [3.8, 4) is 0 Å². The molecular formula is C22H26N6. The third-order valence-corrected chi connectivity index (χ3v) is 5.27. The summed E-state index contributed by atoms with van der Waals surface area (Å²) in [6.07, 6.45) is 5.54. The van der Waals surface area contributed by atoms with Gasteiger partial charge in [0.15, 0.2) is 5.82 Å². The average molecular weight is 374 g/mol. The van der Waals surface area contributed by atoms with Gasteiger partial charge in [0.2, 0.25) is 5.95 Å². The summed E-state index contributed by atoms with van der Waals surface area (Å²) >= 11 is 0. The van der Waals surface area contributed by atoms with Gasteiger partial charge in [-0.15, -0.1) is 5.10 Å². The van der Waals surface area contributed by atoms with Gasteiger partial charge in [0, 0.05) is 30.2 Å². The summed E-state index contributed by atoms with van der Waals surface area (Å²) in [5.74, 6) is 1.14. The molecule has 3 aromatic rings. The number of nitrogens with zero attached hydrogens (tertiary/aromatic N) is 4.